The second-order valence-corrected chi connectivity index (χ2v) is 12.2. The van der Waals surface area contributed by atoms with Crippen molar-refractivity contribution in [2.75, 3.05) is 24.3 Å². The van der Waals surface area contributed by atoms with Crippen LogP contribution >= 0.6 is 38.5 Å². The number of benzene rings is 2. The lowest BCUT2D eigenvalue weighted by molar-refractivity contribution is 0.228. The van der Waals surface area contributed by atoms with Crippen LogP contribution in [0.2, 0.25) is 0 Å². The van der Waals surface area contributed by atoms with Crippen LogP contribution in [0.4, 0.5) is 16.6 Å². The molecule has 0 saturated heterocycles. The fourth-order valence-electron chi connectivity index (χ4n) is 4.30. The van der Waals surface area contributed by atoms with Gasteiger partial charge in [-0.1, -0.05) is 40.2 Å². The van der Waals surface area contributed by atoms with Crippen LogP contribution in [-0.2, 0) is 3.55 Å². The van der Waals surface area contributed by atoms with E-state index in [1.807, 2.05) is 74.4 Å². The monoisotopic (exact) mass is 636 g/mol. The van der Waals surface area contributed by atoms with E-state index < -0.39 is 3.55 Å². The number of para-hydroxylation sites is 1. The summed E-state index contributed by atoms with van der Waals surface area (Å²) in [6, 6.07) is 16.4. The molecule has 3 aromatic rings. The van der Waals surface area contributed by atoms with Gasteiger partial charge in [0.05, 0.1) is 5.52 Å². The van der Waals surface area contributed by atoms with Gasteiger partial charge in [0, 0.05) is 36.0 Å². The summed E-state index contributed by atoms with van der Waals surface area (Å²) < 4.78 is 0.532. The molecule has 1 atom stereocenters. The maximum absolute atomic E-state index is 12.7. The molecule has 0 bridgehead atoms. The lowest BCUT2D eigenvalue weighted by Crippen LogP contribution is -2.49. The number of rotatable bonds is 6. The highest BCUT2D eigenvalue weighted by Gasteiger charge is 2.28. The first kappa shape index (κ1) is 25.0. The first-order valence-electron chi connectivity index (χ1n) is 11.5. The summed E-state index contributed by atoms with van der Waals surface area (Å²) in [5.74, 6) is 1.57. The largest absolute Gasteiger partial charge is 0.362 e. The zero-order chi connectivity index (χ0) is 24.3. The Morgan fingerprint density at radius 3 is 2.35 bits per heavy atom. The molecule has 0 radical (unpaired) electrons. The molecule has 0 aliphatic heterocycles. The lowest BCUT2D eigenvalue weighted by atomic mass is 9.91. The normalized spacial score (nSPS) is 19.8. The van der Waals surface area contributed by atoms with Gasteiger partial charge in [0.2, 0.25) is 5.95 Å². The third kappa shape index (κ3) is 6.10. The van der Waals surface area contributed by atoms with Gasteiger partial charge in [-0.15, -0.1) is 0 Å². The van der Waals surface area contributed by atoms with Gasteiger partial charge in [-0.3, -0.25) is 0 Å². The Labute approximate surface area is 222 Å². The predicted octanol–water partition coefficient (Wildman–Crippen LogP) is 5.79. The molecule has 1 aliphatic rings. The number of carbonyl (C=O) groups excluding carboxylic acids is 1. The fraction of sp³-hybridized carbons (Fsp3) is 0.400. The molecule has 3 N–H and O–H groups in total. The molecule has 1 aliphatic carbocycles. The smallest absolute Gasteiger partial charge is 0.316 e. The molecule has 34 heavy (non-hydrogen) atoms. The van der Waals surface area contributed by atoms with Crippen LogP contribution in [0.1, 0.15) is 38.2 Å². The highest BCUT2D eigenvalue weighted by Crippen LogP contribution is 2.30. The van der Waals surface area contributed by atoms with Crippen LogP contribution in [0.3, 0.4) is 0 Å². The van der Waals surface area contributed by atoms with Gasteiger partial charge >= 0.3 is 6.03 Å². The molecular weight excluding hydrogens is 607 g/mol. The van der Waals surface area contributed by atoms with Crippen LogP contribution in [0, 0.1) is 0 Å². The maximum atomic E-state index is 12.7. The maximum Gasteiger partial charge on any atom is 0.316 e. The molecule has 1 saturated carbocycles. The van der Waals surface area contributed by atoms with Gasteiger partial charge in [0.15, 0.2) is 0 Å². The quantitative estimate of drug-likeness (QED) is 0.181. The Hall–Kier alpha value is -2.14. The van der Waals surface area contributed by atoms with Gasteiger partial charge in [0.25, 0.3) is 0 Å². The van der Waals surface area contributed by atoms with E-state index in [4.69, 9.17) is 9.97 Å². The minimum absolute atomic E-state index is 0.135. The predicted molar refractivity (Wildman–Crippen MR) is 151 cm³/mol. The van der Waals surface area contributed by atoms with Crippen LogP contribution < -0.4 is 20.9 Å². The summed E-state index contributed by atoms with van der Waals surface area (Å²) in [5, 5.41) is 10.8. The minimum atomic E-state index is -0.487. The van der Waals surface area contributed by atoms with Gasteiger partial charge in [-0.05, 0) is 85.0 Å². The van der Waals surface area contributed by atoms with E-state index in [-0.39, 0.29) is 18.1 Å². The van der Waals surface area contributed by atoms with Crippen molar-refractivity contribution >= 4 is 67.2 Å². The fourth-order valence-corrected chi connectivity index (χ4v) is 5.17. The molecule has 1 heterocycles. The number of alkyl halides is 1. The molecule has 9 heteroatoms. The molecular formula is C25H30BrIN6O. The Bertz CT molecular complexity index is 1150. The summed E-state index contributed by atoms with van der Waals surface area (Å²) in [6.07, 6.45) is 3.73. The Balaban J connectivity index is 1.31. The van der Waals surface area contributed by atoms with Crippen molar-refractivity contribution in [1.29, 1.82) is 0 Å². The number of nitrogens with zero attached hydrogens (tertiary/aromatic N) is 3. The first-order valence-corrected chi connectivity index (χ1v) is 13.3. The number of aromatic nitrogens is 2. The van der Waals surface area contributed by atoms with Crippen molar-refractivity contribution in [1.82, 2.24) is 20.6 Å². The topological polar surface area (TPSA) is 82.2 Å². The summed E-state index contributed by atoms with van der Waals surface area (Å²) in [4.78, 5) is 24.2. The number of fused-ring (bicyclic) bond motifs is 1. The molecule has 1 unspecified atom stereocenters. The Morgan fingerprint density at radius 2 is 1.68 bits per heavy atom. The first-order chi connectivity index (χ1) is 16.2. The second kappa shape index (κ2) is 10.6. The molecule has 180 valence electrons. The number of anilines is 2. The van der Waals surface area contributed by atoms with E-state index in [9.17, 15) is 4.79 Å². The summed E-state index contributed by atoms with van der Waals surface area (Å²) >= 11 is 5.73. The number of carbonyl (C=O) groups is 1. The zero-order valence-electron chi connectivity index (χ0n) is 19.6. The molecule has 7 nitrogen and oxygen atoms in total. The van der Waals surface area contributed by atoms with E-state index in [2.05, 4.69) is 54.5 Å². The third-order valence-electron chi connectivity index (χ3n) is 6.14. The zero-order valence-corrected chi connectivity index (χ0v) is 23.4. The summed E-state index contributed by atoms with van der Waals surface area (Å²) in [7, 11) is 4.00. The van der Waals surface area contributed by atoms with Crippen molar-refractivity contribution in [2.24, 2.45) is 0 Å². The van der Waals surface area contributed by atoms with E-state index in [0.29, 0.717) is 5.95 Å². The van der Waals surface area contributed by atoms with E-state index >= 15 is 0 Å². The third-order valence-corrected chi connectivity index (χ3v) is 7.56. The molecule has 4 rings (SSSR count). The Kier molecular flexibility index (Phi) is 7.81. The van der Waals surface area contributed by atoms with Crippen LogP contribution in [0.25, 0.3) is 10.9 Å². The number of nitrogens with one attached hydrogen (secondary N) is 3. The number of hydrogen-bond acceptors (Lipinski definition) is 5. The second-order valence-electron chi connectivity index (χ2n) is 9.08. The number of urea groups is 1. The number of halogens is 2. The number of hydrogen-bond donors (Lipinski definition) is 3. The van der Waals surface area contributed by atoms with Crippen LogP contribution in [-0.4, -0.2) is 42.2 Å². The van der Waals surface area contributed by atoms with E-state index in [1.165, 1.54) is 0 Å². The van der Waals surface area contributed by atoms with E-state index in [0.717, 1.165) is 52.4 Å². The van der Waals surface area contributed by atoms with Crippen molar-refractivity contribution in [3.05, 3.63) is 58.6 Å². The summed E-state index contributed by atoms with van der Waals surface area (Å²) in [6.45, 7) is 2.00. The minimum Gasteiger partial charge on any atom is -0.362 e. The van der Waals surface area contributed by atoms with Crippen molar-refractivity contribution in [3.63, 3.8) is 0 Å². The van der Waals surface area contributed by atoms with Crippen molar-refractivity contribution in [2.45, 2.75) is 48.2 Å². The highest BCUT2D eigenvalue weighted by molar-refractivity contribution is 14.1. The molecule has 0 spiro atoms. The average molecular weight is 637 g/mol. The SMILES string of the molecule is CN(C)c1nc(NC2CCC(NC(=O)NC(C)(I)c3ccc(Br)cc3)CC2)nc2ccccc12. The molecule has 2 aromatic carbocycles. The van der Waals surface area contributed by atoms with Gasteiger partial charge in [-0.2, -0.15) is 4.98 Å². The summed E-state index contributed by atoms with van der Waals surface area (Å²) in [5.41, 5.74) is 1.98. The Morgan fingerprint density at radius 1 is 1.03 bits per heavy atom. The van der Waals surface area contributed by atoms with Gasteiger partial charge in [0.1, 0.15) is 9.36 Å². The standard InChI is InChI=1S/C25H30BrIN6O/c1-25(27,16-8-10-17(26)11-9-16)32-24(34)29-19-14-12-18(13-15-19)28-23-30-21-7-5-4-6-20(21)22(31-23)33(2)3/h4-11,18-19H,12-15H2,1-3H3,(H,28,30,31)(H2,29,32,34). The van der Waals surface area contributed by atoms with Gasteiger partial charge < -0.3 is 20.9 Å². The van der Waals surface area contributed by atoms with Crippen molar-refractivity contribution < 1.29 is 4.79 Å². The highest BCUT2D eigenvalue weighted by atomic mass is 127. The van der Waals surface area contributed by atoms with Crippen LogP contribution in [0.5, 0.6) is 0 Å². The van der Waals surface area contributed by atoms with Crippen molar-refractivity contribution in [3.8, 4) is 0 Å². The van der Waals surface area contributed by atoms with Gasteiger partial charge in [-0.25, -0.2) is 9.78 Å². The van der Waals surface area contributed by atoms with E-state index in [1.54, 1.807) is 0 Å². The molecule has 1 fully saturated rings. The van der Waals surface area contributed by atoms with Crippen LogP contribution in [0.15, 0.2) is 53.0 Å². The lowest BCUT2D eigenvalue weighted by Gasteiger charge is -2.31. The number of amides is 2. The molecule has 2 amide bonds. The molecule has 1 aromatic heterocycles. The average Bonchev–Trinajstić information content (AvgIpc) is 2.79.